The summed E-state index contributed by atoms with van der Waals surface area (Å²) in [7, 11) is 7.43. The number of aromatic nitrogens is 4. The lowest BCUT2D eigenvalue weighted by Crippen LogP contribution is -2.44. The minimum Gasteiger partial charge on any atom is -0.497 e. The average Bonchev–Trinajstić information content (AvgIpc) is 3.29. The first kappa shape index (κ1) is 25.5. The number of nitrogens with one attached hydrogen (secondary N) is 1. The molecule has 1 aliphatic carbocycles. The molecule has 2 aromatic carbocycles. The standard InChI is InChI=1S/C29H32ClN7O2/c1-35-11-13-37(14-12-35)19-6-10-23(25(15-19)39-4)32-29-31-17-18-5-9-24-26(27(18)33-29)28(36(2)34-24)21-8-7-20(38-3)16-22(21)30/h6-8,10,15-17H,5,9,11-14H2,1-4H3,(H,31,32,33). The molecule has 2 aliphatic rings. The van der Waals surface area contributed by atoms with E-state index >= 15 is 0 Å². The van der Waals surface area contributed by atoms with Gasteiger partial charge in [-0.3, -0.25) is 4.68 Å². The Morgan fingerprint density at radius 1 is 0.949 bits per heavy atom. The van der Waals surface area contributed by atoms with Crippen molar-refractivity contribution in [2.45, 2.75) is 12.8 Å². The van der Waals surface area contributed by atoms with Crippen molar-refractivity contribution in [1.29, 1.82) is 0 Å². The van der Waals surface area contributed by atoms with E-state index in [-0.39, 0.29) is 0 Å². The summed E-state index contributed by atoms with van der Waals surface area (Å²) in [6.07, 6.45) is 3.56. The number of nitrogens with zero attached hydrogens (tertiary/aromatic N) is 6. The summed E-state index contributed by atoms with van der Waals surface area (Å²) >= 11 is 6.70. The van der Waals surface area contributed by atoms with Crippen molar-refractivity contribution in [3.63, 3.8) is 0 Å². The Kier molecular flexibility index (Phi) is 6.78. The van der Waals surface area contributed by atoms with Gasteiger partial charge in [-0.2, -0.15) is 5.10 Å². The molecule has 2 aromatic heterocycles. The molecule has 1 saturated heterocycles. The highest BCUT2D eigenvalue weighted by Gasteiger charge is 2.28. The van der Waals surface area contributed by atoms with Crippen LogP contribution in [0.15, 0.2) is 42.6 Å². The predicted octanol–water partition coefficient (Wildman–Crippen LogP) is 4.81. The average molecular weight is 546 g/mol. The topological polar surface area (TPSA) is 80.6 Å². The van der Waals surface area contributed by atoms with E-state index in [0.29, 0.717) is 16.7 Å². The Labute approximate surface area is 233 Å². The molecule has 0 bridgehead atoms. The quantitative estimate of drug-likeness (QED) is 0.370. The fraction of sp³-hybridized carbons (Fsp3) is 0.345. The third-order valence-electron chi connectivity index (χ3n) is 7.58. The van der Waals surface area contributed by atoms with Crippen molar-refractivity contribution in [3.8, 4) is 34.0 Å². The number of ether oxygens (including phenoxy) is 2. The van der Waals surface area contributed by atoms with Crippen molar-refractivity contribution in [2.24, 2.45) is 7.05 Å². The number of benzene rings is 2. The number of anilines is 3. The summed E-state index contributed by atoms with van der Waals surface area (Å²) in [6, 6.07) is 11.9. The summed E-state index contributed by atoms with van der Waals surface area (Å²) in [5.41, 5.74) is 7.74. The number of likely N-dealkylation sites (N-methyl/N-ethyl adjacent to an activating group) is 1. The van der Waals surface area contributed by atoms with Gasteiger partial charge in [0.15, 0.2) is 0 Å². The van der Waals surface area contributed by atoms with Gasteiger partial charge in [-0.15, -0.1) is 0 Å². The van der Waals surface area contributed by atoms with E-state index in [1.807, 2.05) is 42.2 Å². The Morgan fingerprint density at radius 3 is 2.51 bits per heavy atom. The molecular weight excluding hydrogens is 514 g/mol. The van der Waals surface area contributed by atoms with Crippen molar-refractivity contribution in [3.05, 3.63) is 58.9 Å². The predicted molar refractivity (Wildman–Crippen MR) is 155 cm³/mol. The van der Waals surface area contributed by atoms with Crippen molar-refractivity contribution < 1.29 is 9.47 Å². The summed E-state index contributed by atoms with van der Waals surface area (Å²) < 4.78 is 13.0. The zero-order valence-electron chi connectivity index (χ0n) is 22.7. The van der Waals surface area contributed by atoms with Crippen LogP contribution in [0.25, 0.3) is 22.5 Å². The zero-order chi connectivity index (χ0) is 27.1. The molecule has 0 unspecified atom stereocenters. The molecule has 3 heterocycles. The monoisotopic (exact) mass is 545 g/mol. The van der Waals surface area contributed by atoms with Crippen LogP contribution in [0.1, 0.15) is 11.3 Å². The molecule has 1 fully saturated rings. The van der Waals surface area contributed by atoms with Gasteiger partial charge in [0, 0.05) is 62.3 Å². The second kappa shape index (κ2) is 10.4. The van der Waals surface area contributed by atoms with Crippen molar-refractivity contribution in [2.75, 3.05) is 57.7 Å². The van der Waals surface area contributed by atoms with Crippen LogP contribution in [0.3, 0.4) is 0 Å². The summed E-state index contributed by atoms with van der Waals surface area (Å²) in [5.74, 6) is 1.96. The number of methoxy groups -OCH3 is 2. The SMILES string of the molecule is COc1ccc(-c2c3c(nn2C)CCc2cnc(Nc4ccc(N5CCN(C)CC5)cc4OC)nc2-3)c(Cl)c1. The largest absolute Gasteiger partial charge is 0.497 e. The normalized spacial score (nSPS) is 15.1. The highest BCUT2D eigenvalue weighted by atomic mass is 35.5. The van der Waals surface area contributed by atoms with Crippen LogP contribution < -0.4 is 19.7 Å². The van der Waals surface area contributed by atoms with E-state index in [1.54, 1.807) is 14.2 Å². The van der Waals surface area contributed by atoms with Crippen LogP contribution in [0, 0.1) is 0 Å². The summed E-state index contributed by atoms with van der Waals surface area (Å²) in [4.78, 5) is 14.4. The number of halogens is 1. The molecule has 39 heavy (non-hydrogen) atoms. The maximum Gasteiger partial charge on any atom is 0.227 e. The molecule has 4 aromatic rings. The van der Waals surface area contributed by atoms with Gasteiger partial charge < -0.3 is 24.6 Å². The Bertz CT molecular complexity index is 1530. The molecule has 0 saturated carbocycles. The fourth-order valence-electron chi connectivity index (χ4n) is 5.41. The second-order valence-electron chi connectivity index (χ2n) is 10.0. The van der Waals surface area contributed by atoms with Crippen molar-refractivity contribution in [1.82, 2.24) is 24.6 Å². The third kappa shape index (κ3) is 4.77. The molecule has 6 rings (SSSR count). The van der Waals surface area contributed by atoms with Crippen LogP contribution in [0.4, 0.5) is 17.3 Å². The van der Waals surface area contributed by atoms with Gasteiger partial charge in [-0.25, -0.2) is 9.97 Å². The van der Waals surface area contributed by atoms with Crippen LogP contribution >= 0.6 is 11.6 Å². The molecule has 9 nitrogen and oxygen atoms in total. The van der Waals surface area contributed by atoms with E-state index in [2.05, 4.69) is 39.3 Å². The van der Waals surface area contributed by atoms with Crippen LogP contribution in [-0.4, -0.2) is 72.1 Å². The van der Waals surface area contributed by atoms with E-state index in [4.69, 9.17) is 31.2 Å². The fourth-order valence-corrected chi connectivity index (χ4v) is 5.67. The first-order chi connectivity index (χ1) is 18.9. The number of hydrogen-bond donors (Lipinski definition) is 1. The zero-order valence-corrected chi connectivity index (χ0v) is 23.4. The summed E-state index contributed by atoms with van der Waals surface area (Å²) in [5, 5.41) is 8.82. The molecule has 10 heteroatoms. The lowest BCUT2D eigenvalue weighted by atomic mass is 9.91. The highest BCUT2D eigenvalue weighted by molar-refractivity contribution is 6.33. The lowest BCUT2D eigenvalue weighted by molar-refractivity contribution is 0.312. The van der Waals surface area contributed by atoms with Gasteiger partial charge in [0.1, 0.15) is 11.5 Å². The van der Waals surface area contributed by atoms with Crippen LogP contribution in [0.5, 0.6) is 11.5 Å². The van der Waals surface area contributed by atoms with E-state index in [0.717, 1.165) is 89.9 Å². The van der Waals surface area contributed by atoms with Crippen LogP contribution in [0.2, 0.25) is 5.02 Å². The Morgan fingerprint density at radius 2 is 1.77 bits per heavy atom. The Hall–Kier alpha value is -3.82. The minimum atomic E-state index is 0.503. The van der Waals surface area contributed by atoms with Gasteiger partial charge in [-0.1, -0.05) is 11.6 Å². The summed E-state index contributed by atoms with van der Waals surface area (Å²) in [6.45, 7) is 4.08. The molecule has 0 radical (unpaired) electrons. The highest BCUT2D eigenvalue weighted by Crippen LogP contribution is 2.42. The van der Waals surface area contributed by atoms with Gasteiger partial charge in [0.2, 0.25) is 5.95 Å². The molecule has 0 amide bonds. The van der Waals surface area contributed by atoms with E-state index < -0.39 is 0 Å². The van der Waals surface area contributed by atoms with E-state index in [9.17, 15) is 0 Å². The molecular formula is C29H32ClN7O2. The molecule has 1 N–H and O–H groups in total. The van der Waals surface area contributed by atoms with Crippen molar-refractivity contribution >= 4 is 28.9 Å². The van der Waals surface area contributed by atoms with E-state index in [1.165, 1.54) is 0 Å². The number of fused-ring (bicyclic) bond motifs is 3. The number of rotatable bonds is 6. The van der Waals surface area contributed by atoms with Gasteiger partial charge in [0.05, 0.1) is 42.0 Å². The van der Waals surface area contributed by atoms with Gasteiger partial charge >= 0.3 is 0 Å². The first-order valence-electron chi connectivity index (χ1n) is 13.1. The molecule has 0 atom stereocenters. The lowest BCUT2D eigenvalue weighted by Gasteiger charge is -2.34. The first-order valence-corrected chi connectivity index (χ1v) is 13.5. The number of hydrogen-bond acceptors (Lipinski definition) is 8. The molecule has 1 aliphatic heterocycles. The maximum absolute atomic E-state index is 6.70. The third-order valence-corrected chi connectivity index (χ3v) is 7.90. The van der Waals surface area contributed by atoms with Crippen LogP contribution in [-0.2, 0) is 19.9 Å². The van der Waals surface area contributed by atoms with Gasteiger partial charge in [0.25, 0.3) is 0 Å². The Balaban J connectivity index is 1.34. The number of aryl methyl sites for hydroxylation is 3. The smallest absolute Gasteiger partial charge is 0.227 e. The maximum atomic E-state index is 6.70. The molecule has 202 valence electrons. The van der Waals surface area contributed by atoms with Gasteiger partial charge in [-0.05, 0) is 55.8 Å². The second-order valence-corrected chi connectivity index (χ2v) is 10.4. The number of piperazine rings is 1. The molecule has 0 spiro atoms. The minimum absolute atomic E-state index is 0.503.